The number of benzene rings is 2. The number of rotatable bonds is 2. The zero-order valence-corrected chi connectivity index (χ0v) is 11.6. The summed E-state index contributed by atoms with van der Waals surface area (Å²) in [7, 11) is 0. The van der Waals surface area contributed by atoms with Crippen LogP contribution in [0.4, 0.5) is 0 Å². The van der Waals surface area contributed by atoms with E-state index in [0.29, 0.717) is 0 Å². The summed E-state index contributed by atoms with van der Waals surface area (Å²) in [6.07, 6.45) is 0. The first-order valence-corrected chi connectivity index (χ1v) is 6.52. The lowest BCUT2D eigenvalue weighted by molar-refractivity contribution is 0.103. The van der Waals surface area contributed by atoms with Gasteiger partial charge in [0.15, 0.2) is 23.0 Å². The van der Waals surface area contributed by atoms with Crippen LogP contribution in [-0.2, 0) is 0 Å². The molecule has 0 aliphatic heterocycles. The van der Waals surface area contributed by atoms with Gasteiger partial charge in [-0.05, 0) is 35.7 Å². The van der Waals surface area contributed by atoms with Gasteiger partial charge in [0.05, 0.1) is 5.69 Å². The monoisotopic (exact) mass is 313 g/mol. The highest BCUT2D eigenvalue weighted by Crippen LogP contribution is 2.32. The van der Waals surface area contributed by atoms with E-state index in [4.69, 9.17) is 0 Å². The van der Waals surface area contributed by atoms with Crippen LogP contribution >= 0.6 is 0 Å². The van der Waals surface area contributed by atoms with E-state index in [1.165, 1.54) is 18.2 Å². The van der Waals surface area contributed by atoms with Crippen LogP contribution < -0.4 is 5.56 Å². The molecule has 1 heterocycles. The van der Waals surface area contributed by atoms with Crippen molar-refractivity contribution in [2.75, 3.05) is 0 Å². The number of ketones is 1. The van der Waals surface area contributed by atoms with Crippen molar-refractivity contribution in [2.24, 2.45) is 0 Å². The largest absolute Gasteiger partial charge is 0.504 e. The molecular formula is C16H11NO6. The Hall–Kier alpha value is -3.48. The van der Waals surface area contributed by atoms with Crippen molar-refractivity contribution in [3.05, 3.63) is 58.0 Å². The van der Waals surface area contributed by atoms with Gasteiger partial charge in [0.25, 0.3) is 0 Å². The molecule has 7 heteroatoms. The fraction of sp³-hybridized carbons (Fsp3) is 0. The molecule has 116 valence electrons. The molecule has 7 nitrogen and oxygen atoms in total. The van der Waals surface area contributed by atoms with E-state index < -0.39 is 28.6 Å². The molecule has 2 aromatic carbocycles. The topological polar surface area (TPSA) is 131 Å². The quantitative estimate of drug-likeness (QED) is 0.360. The number of hydrogen-bond donors (Lipinski definition) is 5. The van der Waals surface area contributed by atoms with E-state index >= 15 is 0 Å². The fourth-order valence-corrected chi connectivity index (χ4v) is 2.28. The molecule has 0 aliphatic carbocycles. The second kappa shape index (κ2) is 5.06. The summed E-state index contributed by atoms with van der Waals surface area (Å²) in [4.78, 5) is 26.7. The minimum atomic E-state index is -0.618. The number of aromatic hydroxyl groups is 4. The molecular weight excluding hydrogens is 302 g/mol. The SMILES string of the molecule is O=C(c1ccc(O)c(O)c1)c1[nH]c(=O)cc2cc(O)c(O)cc12. The van der Waals surface area contributed by atoms with Gasteiger partial charge in [-0.25, -0.2) is 0 Å². The summed E-state index contributed by atoms with van der Waals surface area (Å²) in [5.41, 5.74) is -0.627. The molecule has 0 saturated carbocycles. The lowest BCUT2D eigenvalue weighted by Crippen LogP contribution is -2.13. The first-order chi connectivity index (χ1) is 10.9. The standard InChI is InChI=1S/C16H11NO6/c18-10-2-1-7(3-11(10)19)16(23)15-9-6-13(21)12(20)4-8(9)5-14(22)17-15/h1-6,18-21H,(H,17,22). The number of aromatic nitrogens is 1. The molecule has 23 heavy (non-hydrogen) atoms. The van der Waals surface area contributed by atoms with E-state index in [2.05, 4.69) is 4.98 Å². The predicted octanol–water partition coefficient (Wildman–Crippen LogP) is 1.58. The second-order valence-corrected chi connectivity index (χ2v) is 4.97. The minimum absolute atomic E-state index is 0.0380. The number of hydrogen-bond acceptors (Lipinski definition) is 6. The number of phenols is 4. The first kappa shape index (κ1) is 14.5. The van der Waals surface area contributed by atoms with Crippen molar-refractivity contribution in [1.29, 1.82) is 0 Å². The Kier molecular flexibility index (Phi) is 3.18. The number of fused-ring (bicyclic) bond motifs is 1. The Labute approximate surface area is 128 Å². The molecule has 0 amide bonds. The van der Waals surface area contributed by atoms with Crippen LogP contribution in [-0.4, -0.2) is 31.2 Å². The number of H-pyrrole nitrogens is 1. The highest BCUT2D eigenvalue weighted by atomic mass is 16.3. The van der Waals surface area contributed by atoms with Crippen molar-refractivity contribution < 1.29 is 25.2 Å². The van der Waals surface area contributed by atoms with E-state index in [1.807, 2.05) is 0 Å². The van der Waals surface area contributed by atoms with Crippen molar-refractivity contribution in [3.8, 4) is 23.0 Å². The molecule has 3 aromatic rings. The van der Waals surface area contributed by atoms with Gasteiger partial charge in [-0.3, -0.25) is 9.59 Å². The molecule has 3 rings (SSSR count). The lowest BCUT2D eigenvalue weighted by atomic mass is 10.0. The summed E-state index contributed by atoms with van der Waals surface area (Å²) in [5, 5.41) is 38.4. The maximum Gasteiger partial charge on any atom is 0.249 e. The highest BCUT2D eigenvalue weighted by molar-refractivity contribution is 6.15. The average molecular weight is 313 g/mol. The van der Waals surface area contributed by atoms with Crippen molar-refractivity contribution in [3.63, 3.8) is 0 Å². The lowest BCUT2D eigenvalue weighted by Gasteiger charge is -2.08. The summed E-state index contributed by atoms with van der Waals surface area (Å²) in [5.74, 6) is -2.32. The number of phenolic OH excluding ortho intramolecular Hbond substituents is 4. The average Bonchev–Trinajstić information content (AvgIpc) is 2.50. The molecule has 0 unspecified atom stereocenters. The number of pyridine rings is 1. The van der Waals surface area contributed by atoms with Gasteiger partial charge in [-0.15, -0.1) is 0 Å². The molecule has 0 fully saturated rings. The van der Waals surface area contributed by atoms with E-state index in [-0.39, 0.29) is 27.8 Å². The zero-order valence-electron chi connectivity index (χ0n) is 11.6. The van der Waals surface area contributed by atoms with Crippen molar-refractivity contribution in [1.82, 2.24) is 4.98 Å². The van der Waals surface area contributed by atoms with Gasteiger partial charge in [0, 0.05) is 17.0 Å². The van der Waals surface area contributed by atoms with Gasteiger partial charge in [0.1, 0.15) is 0 Å². The normalized spacial score (nSPS) is 10.8. The zero-order chi connectivity index (χ0) is 16.7. The first-order valence-electron chi connectivity index (χ1n) is 6.52. The van der Waals surface area contributed by atoms with E-state index in [0.717, 1.165) is 18.2 Å². The fourth-order valence-electron chi connectivity index (χ4n) is 2.28. The Morgan fingerprint density at radius 1 is 0.826 bits per heavy atom. The van der Waals surface area contributed by atoms with Crippen LogP contribution in [0.25, 0.3) is 10.8 Å². The number of carbonyl (C=O) groups excluding carboxylic acids is 1. The Bertz CT molecular complexity index is 1010. The third kappa shape index (κ3) is 2.44. The molecule has 1 aromatic heterocycles. The Balaban J connectivity index is 2.26. The predicted molar refractivity (Wildman–Crippen MR) is 81.1 cm³/mol. The third-order valence-corrected chi connectivity index (χ3v) is 3.42. The van der Waals surface area contributed by atoms with Gasteiger partial charge >= 0.3 is 0 Å². The number of carbonyl (C=O) groups is 1. The molecule has 0 atom stereocenters. The number of aromatic amines is 1. The Morgan fingerprint density at radius 2 is 1.48 bits per heavy atom. The highest BCUT2D eigenvalue weighted by Gasteiger charge is 2.17. The maximum absolute atomic E-state index is 12.6. The van der Waals surface area contributed by atoms with Gasteiger partial charge in [-0.2, -0.15) is 0 Å². The second-order valence-electron chi connectivity index (χ2n) is 4.97. The maximum atomic E-state index is 12.6. The van der Waals surface area contributed by atoms with Crippen LogP contribution in [0.2, 0.25) is 0 Å². The summed E-state index contributed by atoms with van der Waals surface area (Å²) < 4.78 is 0. The van der Waals surface area contributed by atoms with Crippen LogP contribution in [0.1, 0.15) is 16.1 Å². The molecule has 0 spiro atoms. The Morgan fingerprint density at radius 3 is 2.17 bits per heavy atom. The molecule has 0 aliphatic rings. The smallest absolute Gasteiger partial charge is 0.249 e. The molecule has 5 N–H and O–H groups in total. The van der Waals surface area contributed by atoms with Gasteiger partial charge in [0.2, 0.25) is 11.3 Å². The minimum Gasteiger partial charge on any atom is -0.504 e. The summed E-state index contributed by atoms with van der Waals surface area (Å²) in [6, 6.07) is 7.01. The van der Waals surface area contributed by atoms with E-state index in [9.17, 15) is 30.0 Å². The van der Waals surface area contributed by atoms with Crippen LogP contribution in [0.15, 0.2) is 41.2 Å². The number of nitrogens with one attached hydrogen (secondary N) is 1. The summed E-state index contributed by atoms with van der Waals surface area (Å²) >= 11 is 0. The van der Waals surface area contributed by atoms with Crippen molar-refractivity contribution >= 4 is 16.6 Å². The molecule has 0 saturated heterocycles. The van der Waals surface area contributed by atoms with Crippen LogP contribution in [0, 0.1) is 0 Å². The van der Waals surface area contributed by atoms with Crippen molar-refractivity contribution in [2.45, 2.75) is 0 Å². The van der Waals surface area contributed by atoms with E-state index in [1.54, 1.807) is 0 Å². The van der Waals surface area contributed by atoms with Gasteiger partial charge < -0.3 is 25.4 Å². The summed E-state index contributed by atoms with van der Waals surface area (Å²) in [6.45, 7) is 0. The molecule has 0 radical (unpaired) electrons. The third-order valence-electron chi connectivity index (χ3n) is 3.42. The van der Waals surface area contributed by atoms with Crippen LogP contribution in [0.3, 0.4) is 0 Å². The molecule has 0 bridgehead atoms. The van der Waals surface area contributed by atoms with Gasteiger partial charge in [-0.1, -0.05) is 0 Å². The van der Waals surface area contributed by atoms with Crippen LogP contribution in [0.5, 0.6) is 23.0 Å².